The van der Waals surface area contributed by atoms with Crippen LogP contribution in [0.5, 0.6) is 11.5 Å². The third-order valence-electron chi connectivity index (χ3n) is 3.04. The van der Waals surface area contributed by atoms with Crippen molar-refractivity contribution in [2.75, 3.05) is 7.11 Å². The van der Waals surface area contributed by atoms with E-state index in [0.717, 1.165) is 0 Å². The number of rotatable bonds is 5. The van der Waals surface area contributed by atoms with E-state index in [-0.39, 0.29) is 12.4 Å². The normalized spacial score (nSPS) is 10.7. The van der Waals surface area contributed by atoms with Crippen LogP contribution in [-0.2, 0) is 16.1 Å². The third-order valence-corrected chi connectivity index (χ3v) is 3.74. The van der Waals surface area contributed by atoms with E-state index in [1.165, 1.54) is 19.3 Å². The predicted octanol–water partition coefficient (Wildman–Crippen LogP) is 4.46. The summed E-state index contributed by atoms with van der Waals surface area (Å²) < 4.78 is 10.1. The number of carbonyl (C=O) groups excluding carboxylic acids is 1. The zero-order valence-electron chi connectivity index (χ0n) is 12.3. The molecule has 0 aliphatic rings. The summed E-state index contributed by atoms with van der Waals surface area (Å²) >= 11 is 12.0. The number of esters is 1. The molecule has 0 radical (unpaired) electrons. The van der Waals surface area contributed by atoms with Crippen LogP contribution in [0.15, 0.2) is 42.5 Å². The first-order valence-electron chi connectivity index (χ1n) is 6.66. The molecule has 1 N–H and O–H groups in total. The number of aromatic hydroxyl groups is 1. The first kappa shape index (κ1) is 17.2. The molecule has 0 saturated heterocycles. The number of halogens is 2. The number of phenols is 1. The van der Waals surface area contributed by atoms with Gasteiger partial charge >= 0.3 is 5.97 Å². The van der Waals surface area contributed by atoms with Gasteiger partial charge < -0.3 is 14.6 Å². The highest BCUT2D eigenvalue weighted by molar-refractivity contribution is 6.35. The Morgan fingerprint density at radius 2 is 1.91 bits per heavy atom. The average molecular weight is 353 g/mol. The summed E-state index contributed by atoms with van der Waals surface area (Å²) in [6.07, 6.45) is 2.83. The Kier molecular flexibility index (Phi) is 5.90. The van der Waals surface area contributed by atoms with Gasteiger partial charge in [-0.2, -0.15) is 0 Å². The molecule has 0 aliphatic carbocycles. The molecular formula is C17H14Cl2O4. The van der Waals surface area contributed by atoms with Gasteiger partial charge in [0, 0.05) is 21.7 Å². The molecule has 0 aliphatic heterocycles. The van der Waals surface area contributed by atoms with Crippen LogP contribution >= 0.6 is 23.2 Å². The second-order valence-corrected chi connectivity index (χ2v) is 5.39. The Labute approximate surface area is 143 Å². The lowest BCUT2D eigenvalue weighted by Crippen LogP contribution is -2.01. The van der Waals surface area contributed by atoms with Crippen LogP contribution in [0.25, 0.3) is 6.08 Å². The molecule has 23 heavy (non-hydrogen) atoms. The topological polar surface area (TPSA) is 55.8 Å². The van der Waals surface area contributed by atoms with Crippen LogP contribution in [0.3, 0.4) is 0 Å². The predicted molar refractivity (Wildman–Crippen MR) is 90.0 cm³/mol. The van der Waals surface area contributed by atoms with Crippen molar-refractivity contribution < 1.29 is 19.4 Å². The number of ether oxygens (including phenoxy) is 2. The van der Waals surface area contributed by atoms with E-state index in [2.05, 4.69) is 0 Å². The maximum atomic E-state index is 11.8. The summed E-state index contributed by atoms with van der Waals surface area (Å²) in [4.78, 5) is 11.8. The minimum Gasteiger partial charge on any atom is -0.504 e. The van der Waals surface area contributed by atoms with Crippen molar-refractivity contribution in [2.24, 2.45) is 0 Å². The highest BCUT2D eigenvalue weighted by Gasteiger charge is 2.07. The van der Waals surface area contributed by atoms with Crippen molar-refractivity contribution in [2.45, 2.75) is 6.61 Å². The van der Waals surface area contributed by atoms with Gasteiger partial charge in [-0.05, 0) is 35.9 Å². The molecule has 0 unspecified atom stereocenters. The van der Waals surface area contributed by atoms with E-state index >= 15 is 0 Å². The van der Waals surface area contributed by atoms with Gasteiger partial charge in [0.15, 0.2) is 11.5 Å². The summed E-state index contributed by atoms with van der Waals surface area (Å²) in [5.41, 5.74) is 1.25. The monoisotopic (exact) mass is 352 g/mol. The van der Waals surface area contributed by atoms with E-state index < -0.39 is 5.97 Å². The maximum absolute atomic E-state index is 11.8. The number of hydrogen-bond donors (Lipinski definition) is 1. The molecule has 0 aromatic heterocycles. The second kappa shape index (κ2) is 7.90. The first-order chi connectivity index (χ1) is 11.0. The van der Waals surface area contributed by atoms with Crippen LogP contribution in [0.4, 0.5) is 0 Å². The number of benzene rings is 2. The largest absolute Gasteiger partial charge is 0.504 e. The van der Waals surface area contributed by atoms with Gasteiger partial charge in [0.05, 0.1) is 7.11 Å². The first-order valence-corrected chi connectivity index (χ1v) is 7.41. The molecule has 2 aromatic carbocycles. The lowest BCUT2D eigenvalue weighted by atomic mass is 10.2. The lowest BCUT2D eigenvalue weighted by Gasteiger charge is -2.07. The quantitative estimate of drug-likeness (QED) is 0.637. The van der Waals surface area contributed by atoms with Crippen LogP contribution in [0.2, 0.25) is 10.0 Å². The summed E-state index contributed by atoms with van der Waals surface area (Å²) in [6.45, 7) is -0.0133. The van der Waals surface area contributed by atoms with Crippen molar-refractivity contribution in [3.8, 4) is 11.5 Å². The summed E-state index contributed by atoms with van der Waals surface area (Å²) in [6, 6.07) is 9.79. The van der Waals surface area contributed by atoms with Gasteiger partial charge in [0.2, 0.25) is 0 Å². The molecule has 2 rings (SSSR count). The molecule has 0 spiro atoms. The van der Waals surface area contributed by atoms with Gasteiger partial charge in [-0.1, -0.05) is 35.3 Å². The fourth-order valence-corrected chi connectivity index (χ4v) is 2.33. The molecule has 0 fully saturated rings. The molecule has 120 valence electrons. The summed E-state index contributed by atoms with van der Waals surface area (Å²) in [5, 5.41) is 10.4. The van der Waals surface area contributed by atoms with Crippen molar-refractivity contribution in [3.63, 3.8) is 0 Å². The van der Waals surface area contributed by atoms with Crippen molar-refractivity contribution in [1.82, 2.24) is 0 Å². The Morgan fingerprint density at radius 1 is 1.22 bits per heavy atom. The van der Waals surface area contributed by atoms with E-state index in [9.17, 15) is 9.90 Å². The van der Waals surface area contributed by atoms with Crippen LogP contribution in [0.1, 0.15) is 11.1 Å². The summed E-state index contributed by atoms with van der Waals surface area (Å²) in [7, 11) is 1.45. The Balaban J connectivity index is 1.99. The zero-order valence-corrected chi connectivity index (χ0v) is 13.8. The third kappa shape index (κ3) is 4.65. The van der Waals surface area contributed by atoms with E-state index in [1.807, 2.05) is 0 Å². The number of methoxy groups -OCH3 is 1. The Bertz CT molecular complexity index is 721. The molecule has 6 heteroatoms. The highest BCUT2D eigenvalue weighted by atomic mass is 35.5. The minimum absolute atomic E-state index is 0.0133. The Hall–Kier alpha value is -2.17. The summed E-state index contributed by atoms with van der Waals surface area (Å²) in [5.74, 6) is -0.183. The van der Waals surface area contributed by atoms with Crippen molar-refractivity contribution in [3.05, 3.63) is 63.6 Å². The number of hydrogen-bond acceptors (Lipinski definition) is 4. The second-order valence-electron chi connectivity index (χ2n) is 4.57. The van der Waals surface area contributed by atoms with Gasteiger partial charge in [-0.25, -0.2) is 4.79 Å². The van der Waals surface area contributed by atoms with E-state index in [4.69, 9.17) is 32.7 Å². The van der Waals surface area contributed by atoms with Crippen LogP contribution < -0.4 is 4.74 Å². The van der Waals surface area contributed by atoms with Crippen LogP contribution in [-0.4, -0.2) is 18.2 Å². The lowest BCUT2D eigenvalue weighted by molar-refractivity contribution is -0.138. The molecule has 2 aromatic rings. The van der Waals surface area contributed by atoms with E-state index in [1.54, 1.807) is 36.4 Å². The molecular weight excluding hydrogens is 339 g/mol. The van der Waals surface area contributed by atoms with Gasteiger partial charge in [0.1, 0.15) is 6.61 Å². The number of carbonyl (C=O) groups is 1. The molecule has 0 amide bonds. The minimum atomic E-state index is -0.534. The van der Waals surface area contributed by atoms with Gasteiger partial charge in [-0.15, -0.1) is 0 Å². The molecule has 0 heterocycles. The highest BCUT2D eigenvalue weighted by Crippen LogP contribution is 2.27. The molecule has 0 saturated carbocycles. The molecule has 4 nitrogen and oxygen atoms in total. The maximum Gasteiger partial charge on any atom is 0.331 e. The molecule has 0 atom stereocenters. The van der Waals surface area contributed by atoms with E-state index in [0.29, 0.717) is 26.9 Å². The van der Waals surface area contributed by atoms with Crippen molar-refractivity contribution in [1.29, 1.82) is 0 Å². The fraction of sp³-hybridized carbons (Fsp3) is 0.118. The van der Waals surface area contributed by atoms with Gasteiger partial charge in [0.25, 0.3) is 0 Å². The van der Waals surface area contributed by atoms with Crippen LogP contribution in [0, 0.1) is 0 Å². The Morgan fingerprint density at radius 3 is 2.57 bits per heavy atom. The fourth-order valence-electron chi connectivity index (χ4n) is 1.82. The van der Waals surface area contributed by atoms with Gasteiger partial charge in [-0.3, -0.25) is 0 Å². The zero-order chi connectivity index (χ0) is 16.8. The average Bonchev–Trinajstić information content (AvgIpc) is 2.53. The number of phenolic OH excluding ortho intramolecular Hbond substituents is 1. The van der Waals surface area contributed by atoms with Crippen molar-refractivity contribution >= 4 is 35.2 Å². The molecule has 0 bridgehead atoms. The SMILES string of the molecule is COc1cc(/C=C/C(=O)OCc2c(Cl)cccc2Cl)ccc1O. The smallest absolute Gasteiger partial charge is 0.331 e. The standard InChI is InChI=1S/C17H14Cl2O4/c1-22-16-9-11(5-7-15(16)20)6-8-17(21)23-10-12-13(18)3-2-4-14(12)19/h2-9,20H,10H2,1H3/b8-6+.